The molecule has 2 heterocycles. The number of piperidine rings is 1. The lowest BCUT2D eigenvalue weighted by molar-refractivity contribution is 0.106. The lowest BCUT2D eigenvalue weighted by Crippen LogP contribution is -2.52. The first-order valence-corrected chi connectivity index (χ1v) is 8.43. The quantitative estimate of drug-likeness (QED) is 0.721. The average molecular weight is 340 g/mol. The third kappa shape index (κ3) is 4.67. The molecule has 136 valence electrons. The molecule has 2 rings (SSSR count). The summed E-state index contributed by atoms with van der Waals surface area (Å²) < 4.78 is 15.4. The van der Waals surface area contributed by atoms with Gasteiger partial charge >= 0.3 is 6.03 Å². The molecule has 0 radical (unpaired) electrons. The second-order valence-electron chi connectivity index (χ2n) is 6.26. The van der Waals surface area contributed by atoms with Crippen molar-refractivity contribution >= 4 is 6.03 Å². The summed E-state index contributed by atoms with van der Waals surface area (Å²) in [6.45, 7) is 4.93. The first kappa shape index (κ1) is 18.7. The number of urea groups is 1. The van der Waals surface area contributed by atoms with Gasteiger partial charge in [0.2, 0.25) is 5.89 Å². The van der Waals surface area contributed by atoms with Crippen molar-refractivity contribution in [1.29, 1.82) is 0 Å². The summed E-state index contributed by atoms with van der Waals surface area (Å²) in [5, 5.41) is 7.08. The van der Waals surface area contributed by atoms with Crippen LogP contribution in [-0.2, 0) is 14.9 Å². The Morgan fingerprint density at radius 1 is 1.38 bits per heavy atom. The molecule has 2 amide bonds. The number of carbonyl (C=O) groups is 1. The molecule has 1 atom stereocenters. The fourth-order valence-corrected chi connectivity index (χ4v) is 3.14. The van der Waals surface area contributed by atoms with Crippen LogP contribution in [0, 0.1) is 6.92 Å². The molecule has 1 saturated heterocycles. The lowest BCUT2D eigenvalue weighted by Gasteiger charge is -2.40. The smallest absolute Gasteiger partial charge is 0.317 e. The monoisotopic (exact) mass is 340 g/mol. The van der Waals surface area contributed by atoms with Crippen LogP contribution in [0.1, 0.15) is 37.4 Å². The molecule has 1 aromatic heterocycles. The van der Waals surface area contributed by atoms with Crippen molar-refractivity contribution in [2.24, 2.45) is 0 Å². The van der Waals surface area contributed by atoms with E-state index < -0.39 is 0 Å². The van der Waals surface area contributed by atoms with E-state index in [4.69, 9.17) is 14.0 Å². The summed E-state index contributed by atoms with van der Waals surface area (Å²) in [5.41, 5.74) is -0.310. The zero-order valence-corrected chi connectivity index (χ0v) is 14.8. The number of hydrogen-bond donors (Lipinski definition) is 1. The van der Waals surface area contributed by atoms with Gasteiger partial charge in [0.25, 0.3) is 0 Å². The fraction of sp³-hybridized carbons (Fsp3) is 0.812. The van der Waals surface area contributed by atoms with Crippen LogP contribution in [0.5, 0.6) is 0 Å². The maximum Gasteiger partial charge on any atom is 0.317 e. The Bertz CT molecular complexity index is 522. The van der Waals surface area contributed by atoms with Crippen LogP contribution in [0.15, 0.2) is 4.52 Å². The predicted molar refractivity (Wildman–Crippen MR) is 87.9 cm³/mol. The molecule has 24 heavy (non-hydrogen) atoms. The molecule has 1 aliphatic heterocycles. The SMILES string of the molecule is COCCCNC(=O)N1CCCC(CCOC)(c2noc(C)n2)C1. The minimum Gasteiger partial charge on any atom is -0.385 e. The van der Waals surface area contributed by atoms with Gasteiger partial charge in [-0.05, 0) is 25.7 Å². The van der Waals surface area contributed by atoms with E-state index in [0.717, 1.165) is 32.2 Å². The molecule has 1 N–H and O–H groups in total. The zero-order valence-electron chi connectivity index (χ0n) is 14.8. The average Bonchev–Trinajstić information content (AvgIpc) is 3.04. The number of nitrogens with zero attached hydrogens (tertiary/aromatic N) is 3. The van der Waals surface area contributed by atoms with Crippen LogP contribution in [0.3, 0.4) is 0 Å². The van der Waals surface area contributed by atoms with E-state index in [9.17, 15) is 4.79 Å². The molecule has 1 fully saturated rings. The minimum atomic E-state index is -0.310. The molecular weight excluding hydrogens is 312 g/mol. The maximum absolute atomic E-state index is 12.4. The van der Waals surface area contributed by atoms with Crippen LogP contribution >= 0.6 is 0 Å². The van der Waals surface area contributed by atoms with Gasteiger partial charge < -0.3 is 24.2 Å². The van der Waals surface area contributed by atoms with Gasteiger partial charge in [0, 0.05) is 54.0 Å². The first-order valence-electron chi connectivity index (χ1n) is 8.43. The number of aromatic nitrogens is 2. The van der Waals surface area contributed by atoms with Crippen LogP contribution in [0.2, 0.25) is 0 Å². The van der Waals surface area contributed by atoms with Gasteiger partial charge in [-0.2, -0.15) is 4.98 Å². The van der Waals surface area contributed by atoms with E-state index in [0.29, 0.717) is 38.0 Å². The van der Waals surface area contributed by atoms with E-state index in [2.05, 4.69) is 15.5 Å². The van der Waals surface area contributed by atoms with Crippen LogP contribution < -0.4 is 5.32 Å². The Hall–Kier alpha value is -1.67. The van der Waals surface area contributed by atoms with Gasteiger partial charge in [0.1, 0.15) is 0 Å². The molecule has 1 aliphatic rings. The van der Waals surface area contributed by atoms with E-state index in [-0.39, 0.29) is 11.4 Å². The Balaban J connectivity index is 2.04. The van der Waals surface area contributed by atoms with Gasteiger partial charge in [-0.15, -0.1) is 0 Å². The molecular formula is C16H28N4O4. The summed E-state index contributed by atoms with van der Waals surface area (Å²) in [7, 11) is 3.34. The van der Waals surface area contributed by atoms with Crippen molar-refractivity contribution in [3.8, 4) is 0 Å². The van der Waals surface area contributed by atoms with E-state index >= 15 is 0 Å². The topological polar surface area (TPSA) is 89.7 Å². The highest BCUT2D eigenvalue weighted by Gasteiger charge is 2.42. The lowest BCUT2D eigenvalue weighted by atomic mass is 9.76. The number of hydrogen-bond acceptors (Lipinski definition) is 6. The minimum absolute atomic E-state index is 0.0483. The molecule has 0 aromatic carbocycles. The number of likely N-dealkylation sites (tertiary alicyclic amines) is 1. The van der Waals surface area contributed by atoms with Gasteiger partial charge in [-0.25, -0.2) is 4.79 Å². The summed E-state index contributed by atoms with van der Waals surface area (Å²) in [6, 6.07) is -0.0483. The largest absolute Gasteiger partial charge is 0.385 e. The third-order valence-corrected chi connectivity index (χ3v) is 4.45. The van der Waals surface area contributed by atoms with Crippen molar-refractivity contribution in [3.05, 3.63) is 11.7 Å². The number of aryl methyl sites for hydroxylation is 1. The van der Waals surface area contributed by atoms with Crippen molar-refractivity contribution < 1.29 is 18.8 Å². The Kier molecular flexibility index (Phi) is 6.99. The summed E-state index contributed by atoms with van der Waals surface area (Å²) >= 11 is 0. The van der Waals surface area contributed by atoms with Gasteiger partial charge in [0.15, 0.2) is 5.82 Å². The van der Waals surface area contributed by atoms with Gasteiger partial charge in [-0.3, -0.25) is 0 Å². The van der Waals surface area contributed by atoms with Crippen molar-refractivity contribution in [2.75, 3.05) is 47.1 Å². The van der Waals surface area contributed by atoms with E-state index in [1.165, 1.54) is 0 Å². The number of rotatable bonds is 8. The number of methoxy groups -OCH3 is 2. The summed E-state index contributed by atoms with van der Waals surface area (Å²) in [6.07, 6.45) is 3.39. The molecule has 1 aromatic rings. The zero-order chi connectivity index (χ0) is 17.4. The molecule has 8 heteroatoms. The standard InChI is InChI=1S/C16H28N4O4/c1-13-18-14(19-24-13)16(7-11-23-3)6-4-9-20(12-16)15(21)17-8-5-10-22-2/h4-12H2,1-3H3,(H,17,21). The van der Waals surface area contributed by atoms with Gasteiger partial charge in [0.05, 0.1) is 5.41 Å². The molecule has 0 bridgehead atoms. The van der Waals surface area contributed by atoms with E-state index in [1.807, 2.05) is 4.90 Å². The summed E-state index contributed by atoms with van der Waals surface area (Å²) in [5.74, 6) is 1.22. The number of carbonyl (C=O) groups excluding carboxylic acids is 1. The Morgan fingerprint density at radius 2 is 2.17 bits per heavy atom. The molecule has 0 saturated carbocycles. The Labute approximate surface area is 142 Å². The molecule has 0 aliphatic carbocycles. The fourth-order valence-electron chi connectivity index (χ4n) is 3.14. The first-order chi connectivity index (χ1) is 11.6. The van der Waals surface area contributed by atoms with E-state index in [1.54, 1.807) is 21.1 Å². The van der Waals surface area contributed by atoms with Crippen molar-refractivity contribution in [2.45, 2.75) is 38.0 Å². The second-order valence-corrected chi connectivity index (χ2v) is 6.26. The van der Waals surface area contributed by atoms with Crippen LogP contribution in [0.4, 0.5) is 4.79 Å². The van der Waals surface area contributed by atoms with Crippen LogP contribution in [-0.4, -0.2) is 68.1 Å². The highest BCUT2D eigenvalue weighted by atomic mass is 16.5. The van der Waals surface area contributed by atoms with Gasteiger partial charge in [-0.1, -0.05) is 5.16 Å². The second kappa shape index (κ2) is 8.98. The van der Waals surface area contributed by atoms with Crippen molar-refractivity contribution in [3.63, 3.8) is 0 Å². The molecule has 1 unspecified atom stereocenters. The van der Waals surface area contributed by atoms with Crippen molar-refractivity contribution in [1.82, 2.24) is 20.4 Å². The maximum atomic E-state index is 12.4. The normalized spacial score (nSPS) is 21.0. The number of amides is 2. The number of nitrogens with one attached hydrogen (secondary N) is 1. The highest BCUT2D eigenvalue weighted by Crippen LogP contribution is 2.35. The molecule has 8 nitrogen and oxygen atoms in total. The summed E-state index contributed by atoms with van der Waals surface area (Å²) in [4.78, 5) is 18.7. The predicted octanol–water partition coefficient (Wildman–Crippen LogP) is 1.49. The highest BCUT2D eigenvalue weighted by molar-refractivity contribution is 5.74. The third-order valence-electron chi connectivity index (χ3n) is 4.45. The Morgan fingerprint density at radius 3 is 2.83 bits per heavy atom. The molecule has 0 spiro atoms. The number of ether oxygens (including phenoxy) is 2. The van der Waals surface area contributed by atoms with Crippen LogP contribution in [0.25, 0.3) is 0 Å².